The van der Waals surface area contributed by atoms with E-state index in [0.29, 0.717) is 17.9 Å². The Morgan fingerprint density at radius 3 is 2.60 bits per heavy atom. The van der Waals surface area contributed by atoms with Crippen LogP contribution in [0.15, 0.2) is 28.7 Å². The van der Waals surface area contributed by atoms with Crippen molar-refractivity contribution in [3.05, 3.63) is 30.2 Å². The maximum Gasteiger partial charge on any atom is 0.260 e. The Hall–Kier alpha value is -2.17. The highest BCUT2D eigenvalue weighted by atomic mass is 16.4. The van der Waals surface area contributed by atoms with Crippen molar-refractivity contribution < 1.29 is 14.0 Å². The zero-order valence-corrected chi connectivity index (χ0v) is 11.8. The molecule has 1 heterocycles. The number of benzene rings is 1. The Kier molecular flexibility index (Phi) is 7.03. The first kappa shape index (κ1) is 15.9. The molecule has 5 heteroatoms. The minimum atomic E-state index is 0.131. The molecule has 2 rings (SSSR count). The second-order valence-electron chi connectivity index (χ2n) is 4.32. The Morgan fingerprint density at radius 2 is 2.05 bits per heavy atom. The molecule has 1 N–H and O–H groups in total. The van der Waals surface area contributed by atoms with E-state index in [1.165, 1.54) is 0 Å². The quantitative estimate of drug-likeness (QED) is 0.823. The second-order valence-corrected chi connectivity index (χ2v) is 4.32. The number of fused-ring (bicyclic) bond motifs is 1. The number of amides is 1. The van der Waals surface area contributed by atoms with Crippen molar-refractivity contribution in [3.63, 3.8) is 0 Å². The van der Waals surface area contributed by atoms with Gasteiger partial charge in [0.2, 0.25) is 12.7 Å². The van der Waals surface area contributed by atoms with Gasteiger partial charge in [-0.05, 0) is 25.0 Å². The number of nitrogens with one attached hydrogen (secondary N) is 1. The van der Waals surface area contributed by atoms with Crippen LogP contribution < -0.4 is 5.32 Å². The zero-order chi connectivity index (χ0) is 14.8. The molecule has 0 saturated heterocycles. The summed E-state index contributed by atoms with van der Waals surface area (Å²) in [5.41, 5.74) is 1.37. The van der Waals surface area contributed by atoms with Crippen LogP contribution in [0.3, 0.4) is 0 Å². The van der Waals surface area contributed by atoms with Gasteiger partial charge in [0, 0.05) is 6.04 Å². The van der Waals surface area contributed by atoms with Gasteiger partial charge in [-0.3, -0.25) is 9.59 Å². The Labute approximate surface area is 118 Å². The number of oxazole rings is 1. The van der Waals surface area contributed by atoms with E-state index in [0.717, 1.165) is 31.2 Å². The molecule has 0 fully saturated rings. The topological polar surface area (TPSA) is 72.2 Å². The summed E-state index contributed by atoms with van der Waals surface area (Å²) < 4.78 is 5.04. The molecule has 0 radical (unpaired) electrons. The van der Waals surface area contributed by atoms with Crippen LogP contribution in [-0.2, 0) is 4.79 Å². The van der Waals surface area contributed by atoms with Crippen LogP contribution in [0.2, 0.25) is 0 Å². The second kappa shape index (κ2) is 8.85. The van der Waals surface area contributed by atoms with Crippen molar-refractivity contribution in [2.75, 3.05) is 0 Å². The predicted molar refractivity (Wildman–Crippen MR) is 77.6 cm³/mol. The lowest BCUT2D eigenvalue weighted by molar-refractivity contribution is -0.110. The van der Waals surface area contributed by atoms with Crippen LogP contribution in [0.1, 0.15) is 43.8 Å². The van der Waals surface area contributed by atoms with Gasteiger partial charge < -0.3 is 9.73 Å². The predicted octanol–water partition coefficient (Wildman–Crippen LogP) is 2.95. The fourth-order valence-corrected chi connectivity index (χ4v) is 1.79. The minimum Gasteiger partial charge on any atom is -0.434 e. The summed E-state index contributed by atoms with van der Waals surface area (Å²) in [5.74, 6) is 0.131. The van der Waals surface area contributed by atoms with E-state index in [4.69, 9.17) is 4.42 Å². The summed E-state index contributed by atoms with van der Waals surface area (Å²) in [7, 11) is 0. The van der Waals surface area contributed by atoms with Crippen molar-refractivity contribution in [1.29, 1.82) is 0 Å². The molecule has 1 atom stereocenters. The lowest BCUT2D eigenvalue weighted by atomic mass is 10.1. The van der Waals surface area contributed by atoms with Gasteiger partial charge in [-0.15, -0.1) is 0 Å². The molecule has 108 valence electrons. The summed E-state index contributed by atoms with van der Waals surface area (Å²) in [6.07, 6.45) is 4.64. The van der Waals surface area contributed by atoms with Gasteiger partial charge >= 0.3 is 0 Å². The van der Waals surface area contributed by atoms with E-state index in [1.54, 1.807) is 12.1 Å². The monoisotopic (exact) mass is 276 g/mol. The molecule has 0 bridgehead atoms. The van der Waals surface area contributed by atoms with Crippen molar-refractivity contribution in [3.8, 4) is 0 Å². The lowest BCUT2D eigenvalue weighted by Crippen LogP contribution is -2.26. The first-order valence-electron chi connectivity index (χ1n) is 6.75. The molecule has 0 unspecified atom stereocenters. The van der Waals surface area contributed by atoms with Crippen LogP contribution in [0, 0.1) is 0 Å². The molecule has 20 heavy (non-hydrogen) atoms. The largest absolute Gasteiger partial charge is 0.434 e. The number of aldehydes is 1. The van der Waals surface area contributed by atoms with Crippen LogP contribution in [0.25, 0.3) is 11.1 Å². The lowest BCUT2D eigenvalue weighted by Gasteiger charge is -2.10. The normalized spacial score (nSPS) is 11.3. The number of hydrogen-bond acceptors (Lipinski definition) is 4. The highest BCUT2D eigenvalue weighted by Crippen LogP contribution is 2.12. The van der Waals surface area contributed by atoms with Crippen LogP contribution in [0.5, 0.6) is 0 Å². The van der Waals surface area contributed by atoms with Gasteiger partial charge in [0.1, 0.15) is 5.52 Å². The van der Waals surface area contributed by atoms with Gasteiger partial charge in [0.15, 0.2) is 5.58 Å². The third kappa shape index (κ3) is 4.84. The van der Waals surface area contributed by atoms with E-state index >= 15 is 0 Å². The van der Waals surface area contributed by atoms with E-state index in [-0.39, 0.29) is 5.89 Å². The highest BCUT2D eigenvalue weighted by molar-refractivity contribution is 5.78. The molecule has 1 aromatic heterocycles. The molecule has 1 aromatic carbocycles. The standard InChI is InChI=1S/C8H5NO2.C7H15NO/c10-5-8-9-6-3-1-2-4-7(6)11-8;1-3-5-7(4-2)8-6-9/h1-5H;6-7H,3-5H2,1-2H3,(H,8,9)/t;7-/m.1/s1. The Balaban J connectivity index is 0.000000206. The number of hydrogen-bond donors (Lipinski definition) is 1. The zero-order valence-electron chi connectivity index (χ0n) is 11.8. The van der Waals surface area contributed by atoms with Crippen molar-refractivity contribution >= 4 is 23.8 Å². The van der Waals surface area contributed by atoms with Crippen molar-refractivity contribution in [1.82, 2.24) is 10.3 Å². The maximum absolute atomic E-state index is 10.2. The Bertz CT molecular complexity index is 504. The van der Waals surface area contributed by atoms with Gasteiger partial charge in [0.05, 0.1) is 0 Å². The fraction of sp³-hybridized carbons (Fsp3) is 0.400. The fourth-order valence-electron chi connectivity index (χ4n) is 1.79. The molecule has 5 nitrogen and oxygen atoms in total. The van der Waals surface area contributed by atoms with Crippen LogP contribution in [-0.4, -0.2) is 23.7 Å². The summed E-state index contributed by atoms with van der Waals surface area (Å²) in [6.45, 7) is 4.20. The first-order valence-corrected chi connectivity index (χ1v) is 6.75. The number of carbonyl (C=O) groups excluding carboxylic acids is 2. The summed E-state index contributed by atoms with van der Waals surface area (Å²) in [5, 5.41) is 2.75. The minimum absolute atomic E-state index is 0.131. The molecule has 0 saturated carbocycles. The first-order chi connectivity index (χ1) is 9.74. The molecular weight excluding hydrogens is 256 g/mol. The van der Waals surface area contributed by atoms with Crippen LogP contribution in [0.4, 0.5) is 0 Å². The van der Waals surface area contributed by atoms with Gasteiger partial charge in [-0.25, -0.2) is 4.98 Å². The molecule has 0 aliphatic heterocycles. The SMILES string of the molecule is CCC[C@@H](CC)NC=O.O=Cc1nc2ccccc2o1. The van der Waals surface area contributed by atoms with E-state index in [2.05, 4.69) is 24.1 Å². The number of aromatic nitrogens is 1. The van der Waals surface area contributed by atoms with Gasteiger partial charge in [-0.2, -0.15) is 0 Å². The number of para-hydroxylation sites is 2. The summed E-state index contributed by atoms with van der Waals surface area (Å²) in [4.78, 5) is 24.1. The number of carbonyl (C=O) groups is 2. The average molecular weight is 276 g/mol. The third-order valence-corrected chi connectivity index (χ3v) is 2.84. The average Bonchev–Trinajstić information content (AvgIpc) is 2.90. The molecular formula is C15H20N2O3. The summed E-state index contributed by atoms with van der Waals surface area (Å²) >= 11 is 0. The molecule has 2 aromatic rings. The molecule has 0 aliphatic carbocycles. The van der Waals surface area contributed by atoms with Crippen molar-refractivity contribution in [2.24, 2.45) is 0 Å². The number of nitrogens with zero attached hydrogens (tertiary/aromatic N) is 1. The van der Waals surface area contributed by atoms with Crippen molar-refractivity contribution in [2.45, 2.75) is 39.2 Å². The summed E-state index contributed by atoms with van der Waals surface area (Å²) in [6, 6.07) is 7.65. The molecule has 0 spiro atoms. The smallest absolute Gasteiger partial charge is 0.260 e. The van der Waals surface area contributed by atoms with E-state index < -0.39 is 0 Å². The maximum atomic E-state index is 10.2. The van der Waals surface area contributed by atoms with Crippen LogP contribution >= 0.6 is 0 Å². The highest BCUT2D eigenvalue weighted by Gasteiger charge is 2.01. The van der Waals surface area contributed by atoms with Gasteiger partial charge in [-0.1, -0.05) is 32.4 Å². The van der Waals surface area contributed by atoms with E-state index in [9.17, 15) is 9.59 Å². The number of rotatable bonds is 6. The van der Waals surface area contributed by atoms with E-state index in [1.807, 2.05) is 12.1 Å². The van der Waals surface area contributed by atoms with Gasteiger partial charge in [0.25, 0.3) is 5.89 Å². The molecule has 1 amide bonds. The Morgan fingerprint density at radius 1 is 1.30 bits per heavy atom. The third-order valence-electron chi connectivity index (χ3n) is 2.84. The molecule has 0 aliphatic rings.